The quantitative estimate of drug-likeness (QED) is 0.215. The van der Waals surface area contributed by atoms with Crippen molar-refractivity contribution in [1.29, 1.82) is 0 Å². The predicted octanol–water partition coefficient (Wildman–Crippen LogP) is -1.63. The molecule has 5 N–H and O–H groups in total. The van der Waals surface area contributed by atoms with Gasteiger partial charge in [0.2, 0.25) is 5.91 Å². The number of aliphatic hydroxyl groups is 3. The first kappa shape index (κ1) is 20.0. The number of halogens is 2. The zero-order chi connectivity index (χ0) is 18.7. The number of aliphatic hydroxyl groups excluding tert-OH is 3. The van der Waals surface area contributed by atoms with Crippen LogP contribution in [0, 0.1) is 0 Å². The van der Waals surface area contributed by atoms with Crippen LogP contribution in [0.5, 0.6) is 0 Å². The molecule has 0 aromatic heterocycles. The molecule has 1 saturated heterocycles. The van der Waals surface area contributed by atoms with Crippen molar-refractivity contribution >= 4 is 11.9 Å². The molecular weight excluding hydrogens is 338 g/mol. The maximum Gasteiger partial charge on any atom is 0.372 e. The number of nitrogens with one attached hydrogen (secondary N) is 1. The molecule has 0 radical (unpaired) electrons. The topological polar surface area (TPSA) is 185 Å². The fourth-order valence-electron chi connectivity index (χ4n) is 2.23. The minimum atomic E-state index is -4.02. The molecule has 0 aromatic carbocycles. The Balaban J connectivity index is 3.19. The summed E-state index contributed by atoms with van der Waals surface area (Å²) in [7, 11) is 0. The van der Waals surface area contributed by atoms with E-state index in [9.17, 15) is 33.7 Å². The van der Waals surface area contributed by atoms with Gasteiger partial charge in [0.25, 0.3) is 0 Å². The van der Waals surface area contributed by atoms with Crippen molar-refractivity contribution in [2.75, 3.05) is 6.54 Å². The van der Waals surface area contributed by atoms with Gasteiger partial charge in [0.15, 0.2) is 6.17 Å². The van der Waals surface area contributed by atoms with Crippen molar-refractivity contribution in [2.24, 2.45) is 5.11 Å². The minimum absolute atomic E-state index is 0.703. The molecule has 1 aliphatic heterocycles. The second-order valence-corrected chi connectivity index (χ2v) is 5.12. The largest absolute Gasteiger partial charge is 0.477 e. The maximum atomic E-state index is 14.2. The van der Waals surface area contributed by atoms with E-state index in [4.69, 9.17) is 10.6 Å². The van der Waals surface area contributed by atoms with Crippen LogP contribution in [-0.2, 0) is 14.3 Å². The van der Waals surface area contributed by atoms with Gasteiger partial charge < -0.3 is 30.5 Å². The van der Waals surface area contributed by atoms with Gasteiger partial charge in [-0.2, -0.15) is 4.39 Å². The number of ether oxygens (including phenoxy) is 1. The average molecular weight is 354 g/mol. The van der Waals surface area contributed by atoms with Crippen LogP contribution in [0.25, 0.3) is 10.4 Å². The van der Waals surface area contributed by atoms with Gasteiger partial charge in [-0.25, -0.2) is 9.18 Å². The predicted molar refractivity (Wildman–Crippen MR) is 70.9 cm³/mol. The van der Waals surface area contributed by atoms with Gasteiger partial charge in [-0.3, -0.25) is 4.79 Å². The van der Waals surface area contributed by atoms with Crippen LogP contribution in [0.2, 0.25) is 0 Å². The Morgan fingerprint density at radius 3 is 2.54 bits per heavy atom. The molecule has 13 heteroatoms. The lowest BCUT2D eigenvalue weighted by molar-refractivity contribution is -0.292. The van der Waals surface area contributed by atoms with E-state index in [1.807, 2.05) is 5.32 Å². The lowest BCUT2D eigenvalue weighted by Crippen LogP contribution is -2.71. The highest BCUT2D eigenvalue weighted by Gasteiger charge is 2.62. The molecule has 1 fully saturated rings. The first-order chi connectivity index (χ1) is 11.1. The summed E-state index contributed by atoms with van der Waals surface area (Å²) < 4.78 is 32.6. The van der Waals surface area contributed by atoms with E-state index in [1.54, 1.807) is 0 Å². The fourth-order valence-corrected chi connectivity index (χ4v) is 2.23. The highest BCUT2D eigenvalue weighted by molar-refractivity contribution is 5.77. The average Bonchev–Trinajstić information content (AvgIpc) is 2.51. The van der Waals surface area contributed by atoms with Gasteiger partial charge in [-0.15, -0.1) is 0 Å². The molecule has 1 heterocycles. The van der Waals surface area contributed by atoms with E-state index in [0.717, 1.165) is 6.92 Å². The molecule has 1 rings (SSSR count). The number of nitrogens with zero attached hydrogens (tertiary/aromatic N) is 3. The fraction of sp³-hybridized carbons (Fsp3) is 0.818. The summed E-state index contributed by atoms with van der Waals surface area (Å²) in [5.41, 5.74) is 8.16. The Morgan fingerprint density at radius 1 is 1.50 bits per heavy atom. The number of hydrogen-bond donors (Lipinski definition) is 5. The van der Waals surface area contributed by atoms with E-state index in [2.05, 4.69) is 14.8 Å². The molecule has 0 bridgehead atoms. The van der Waals surface area contributed by atoms with Crippen LogP contribution in [0.3, 0.4) is 0 Å². The van der Waals surface area contributed by atoms with Crippen LogP contribution in [-0.4, -0.2) is 81.3 Å². The number of carbonyl (C=O) groups excluding carboxylic acids is 1. The van der Waals surface area contributed by atoms with E-state index in [0.29, 0.717) is 0 Å². The maximum absolute atomic E-state index is 14.2. The van der Waals surface area contributed by atoms with Gasteiger partial charge in [0.05, 0.1) is 18.7 Å². The molecule has 7 atom stereocenters. The molecule has 0 spiro atoms. The van der Waals surface area contributed by atoms with E-state index >= 15 is 0 Å². The lowest BCUT2D eigenvalue weighted by Gasteiger charge is -2.45. The Hall–Kier alpha value is -2.05. The van der Waals surface area contributed by atoms with Crippen molar-refractivity contribution in [1.82, 2.24) is 5.32 Å². The monoisotopic (exact) mass is 354 g/mol. The zero-order valence-corrected chi connectivity index (χ0v) is 12.3. The zero-order valence-electron chi connectivity index (χ0n) is 12.3. The molecule has 11 nitrogen and oxygen atoms in total. The van der Waals surface area contributed by atoms with Crippen LogP contribution in [0.1, 0.15) is 6.92 Å². The second kappa shape index (κ2) is 7.68. The minimum Gasteiger partial charge on any atom is -0.477 e. The summed E-state index contributed by atoms with van der Waals surface area (Å²) in [6.45, 7) is 0.264. The van der Waals surface area contributed by atoms with Crippen molar-refractivity contribution < 1.29 is 43.5 Å². The molecule has 136 valence electrons. The lowest BCUT2D eigenvalue weighted by atomic mass is 9.88. The van der Waals surface area contributed by atoms with Crippen LogP contribution in [0.15, 0.2) is 5.11 Å². The Bertz CT molecular complexity index is 546. The van der Waals surface area contributed by atoms with Crippen molar-refractivity contribution in [2.45, 2.75) is 49.4 Å². The standard InChI is InChI=1S/C11H16F2N4O7/c1-3(18)16-5-7(21)9(12)11(13,10(22)23)24-8(5)6(20)4(19)2-15-17-14/h4-9,19-21H,2H2,1H3,(H,16,18)(H,22,23)/t4-,5-,6-,7?,8?,9+,11-/m1/s1. The number of aliphatic carboxylic acids is 1. The number of carboxylic acids is 1. The molecule has 1 aliphatic rings. The number of alkyl halides is 2. The molecule has 0 aromatic rings. The summed E-state index contributed by atoms with van der Waals surface area (Å²) in [5.74, 6) is -7.24. The van der Waals surface area contributed by atoms with Gasteiger partial charge in [-0.05, 0) is 5.53 Å². The normalized spacial score (nSPS) is 35.4. The van der Waals surface area contributed by atoms with Crippen molar-refractivity contribution in [3.05, 3.63) is 10.4 Å². The summed E-state index contributed by atoms with van der Waals surface area (Å²) in [6, 6.07) is -1.77. The number of carbonyl (C=O) groups is 2. The number of carboxylic acid groups (broad SMARTS) is 1. The third kappa shape index (κ3) is 3.88. The first-order valence-electron chi connectivity index (χ1n) is 6.62. The van der Waals surface area contributed by atoms with E-state index < -0.39 is 60.9 Å². The van der Waals surface area contributed by atoms with E-state index in [1.165, 1.54) is 0 Å². The third-order valence-electron chi connectivity index (χ3n) is 3.41. The molecular formula is C11H16F2N4O7. The van der Waals surface area contributed by atoms with E-state index in [-0.39, 0.29) is 0 Å². The number of rotatable bonds is 6. The second-order valence-electron chi connectivity index (χ2n) is 5.12. The Morgan fingerprint density at radius 2 is 2.08 bits per heavy atom. The third-order valence-corrected chi connectivity index (χ3v) is 3.41. The van der Waals surface area contributed by atoms with Crippen LogP contribution in [0.4, 0.5) is 8.78 Å². The van der Waals surface area contributed by atoms with Gasteiger partial charge >= 0.3 is 11.8 Å². The molecule has 0 aliphatic carbocycles. The first-order valence-corrected chi connectivity index (χ1v) is 6.62. The molecule has 24 heavy (non-hydrogen) atoms. The van der Waals surface area contributed by atoms with Gasteiger partial charge in [-0.1, -0.05) is 5.11 Å². The van der Waals surface area contributed by atoms with Crippen molar-refractivity contribution in [3.63, 3.8) is 0 Å². The highest BCUT2D eigenvalue weighted by atomic mass is 19.2. The number of azide groups is 1. The highest BCUT2D eigenvalue weighted by Crippen LogP contribution is 2.35. The number of hydrogen-bond acceptors (Lipinski definition) is 7. The number of amides is 1. The summed E-state index contributed by atoms with van der Waals surface area (Å²) in [4.78, 5) is 24.4. The molecule has 2 unspecified atom stereocenters. The van der Waals surface area contributed by atoms with Gasteiger partial charge in [0.1, 0.15) is 18.3 Å². The van der Waals surface area contributed by atoms with Gasteiger partial charge in [0, 0.05) is 11.8 Å². The molecule has 0 saturated carbocycles. The SMILES string of the molecule is CC(=O)N[C@H]1C([C@H](O)[C@H](O)CN=[N+]=[N-])O[C@@](F)(C(=O)O)[C@@H](F)C1O. The smallest absolute Gasteiger partial charge is 0.372 e. The summed E-state index contributed by atoms with van der Waals surface area (Å²) in [5, 5.41) is 43.2. The molecule has 1 amide bonds. The van der Waals surface area contributed by atoms with Crippen molar-refractivity contribution in [3.8, 4) is 0 Å². The van der Waals surface area contributed by atoms with Crippen LogP contribution < -0.4 is 5.32 Å². The Kier molecular flexibility index (Phi) is 6.40. The Labute approximate surface area is 133 Å². The summed E-state index contributed by atoms with van der Waals surface area (Å²) in [6.07, 6.45) is -11.5. The summed E-state index contributed by atoms with van der Waals surface area (Å²) >= 11 is 0. The van der Waals surface area contributed by atoms with Crippen LogP contribution >= 0.6 is 0 Å².